The molecule has 4 nitrogen and oxygen atoms in total. The first kappa shape index (κ1) is 13.1. The highest BCUT2D eigenvalue weighted by Crippen LogP contribution is 2.31. The van der Waals surface area contributed by atoms with Crippen LogP contribution in [-0.2, 0) is 11.0 Å². The van der Waals surface area contributed by atoms with Gasteiger partial charge >= 0.3 is 6.18 Å². The fourth-order valence-corrected chi connectivity index (χ4v) is 1.12. The molecule has 1 heterocycles. The summed E-state index contributed by atoms with van der Waals surface area (Å²) in [5.74, 6) is -1.47. The number of anilines is 1. The highest BCUT2D eigenvalue weighted by molar-refractivity contribution is 5.94. The summed E-state index contributed by atoms with van der Waals surface area (Å²) in [5, 5.41) is 2.11. The summed E-state index contributed by atoms with van der Waals surface area (Å²) < 4.78 is 37.5. The standard InChI is InChI=1S/C10H9F3N2O2/c1-5(16)8-3-7(10(11,12)13)4-9(15-8)14-6(2)17/h3-4H,1-2H3,(H,14,15,17). The van der Waals surface area contributed by atoms with E-state index in [1.165, 1.54) is 0 Å². The summed E-state index contributed by atoms with van der Waals surface area (Å²) in [6.07, 6.45) is -4.60. The number of Topliss-reactive ketones (excluding diaryl/α,β-unsaturated/α-hetero) is 1. The summed E-state index contributed by atoms with van der Waals surface area (Å²) in [7, 11) is 0. The molecule has 0 aliphatic heterocycles. The van der Waals surface area contributed by atoms with Gasteiger partial charge in [-0.1, -0.05) is 0 Å². The number of ketones is 1. The van der Waals surface area contributed by atoms with Gasteiger partial charge in [0.05, 0.1) is 5.56 Å². The van der Waals surface area contributed by atoms with E-state index in [-0.39, 0.29) is 11.5 Å². The van der Waals surface area contributed by atoms with Crippen molar-refractivity contribution in [1.29, 1.82) is 0 Å². The molecule has 1 rings (SSSR count). The van der Waals surface area contributed by atoms with Crippen LogP contribution in [0.1, 0.15) is 29.9 Å². The van der Waals surface area contributed by atoms with Crippen molar-refractivity contribution in [3.05, 3.63) is 23.4 Å². The summed E-state index contributed by atoms with van der Waals surface area (Å²) in [6, 6.07) is 1.32. The van der Waals surface area contributed by atoms with Gasteiger partial charge in [0.25, 0.3) is 0 Å². The van der Waals surface area contributed by atoms with Gasteiger partial charge in [0.2, 0.25) is 5.91 Å². The van der Waals surface area contributed by atoms with Crippen LogP contribution in [0, 0.1) is 0 Å². The minimum absolute atomic E-state index is 0.294. The number of aromatic nitrogens is 1. The smallest absolute Gasteiger partial charge is 0.311 e. The van der Waals surface area contributed by atoms with Crippen molar-refractivity contribution in [2.24, 2.45) is 0 Å². The van der Waals surface area contributed by atoms with E-state index in [1.807, 2.05) is 0 Å². The van der Waals surface area contributed by atoms with E-state index in [4.69, 9.17) is 0 Å². The maximum absolute atomic E-state index is 12.5. The SMILES string of the molecule is CC(=O)Nc1cc(C(F)(F)F)cc(C(C)=O)n1. The first-order valence-electron chi connectivity index (χ1n) is 4.58. The third kappa shape index (κ3) is 3.54. The number of alkyl halides is 3. The van der Waals surface area contributed by atoms with E-state index in [0.29, 0.717) is 12.1 Å². The summed E-state index contributed by atoms with van der Waals surface area (Å²) in [5.41, 5.74) is -1.37. The van der Waals surface area contributed by atoms with Crippen molar-refractivity contribution < 1.29 is 22.8 Å². The van der Waals surface area contributed by atoms with Crippen molar-refractivity contribution in [2.75, 3.05) is 5.32 Å². The quantitative estimate of drug-likeness (QED) is 0.814. The number of pyridine rings is 1. The molecule has 1 aromatic rings. The molecule has 0 aromatic carbocycles. The summed E-state index contributed by atoms with van der Waals surface area (Å²) in [6.45, 7) is 2.23. The summed E-state index contributed by atoms with van der Waals surface area (Å²) in [4.78, 5) is 25.4. The molecule has 0 radical (unpaired) electrons. The predicted molar refractivity (Wildman–Crippen MR) is 53.5 cm³/mol. The lowest BCUT2D eigenvalue weighted by Crippen LogP contribution is -2.13. The minimum Gasteiger partial charge on any atom is -0.311 e. The molecule has 0 aliphatic carbocycles. The lowest BCUT2D eigenvalue weighted by molar-refractivity contribution is -0.137. The molecule has 0 bridgehead atoms. The van der Waals surface area contributed by atoms with E-state index in [1.54, 1.807) is 0 Å². The molecule has 7 heteroatoms. The van der Waals surface area contributed by atoms with Crippen LogP contribution in [0.15, 0.2) is 12.1 Å². The Morgan fingerprint density at radius 1 is 1.24 bits per heavy atom. The van der Waals surface area contributed by atoms with Gasteiger partial charge in [-0.2, -0.15) is 13.2 Å². The lowest BCUT2D eigenvalue weighted by atomic mass is 10.2. The molecule has 0 saturated carbocycles. The minimum atomic E-state index is -4.60. The summed E-state index contributed by atoms with van der Waals surface area (Å²) >= 11 is 0. The van der Waals surface area contributed by atoms with Gasteiger partial charge in [0.15, 0.2) is 5.78 Å². The Bertz CT molecular complexity index is 469. The molecular formula is C10H9F3N2O2. The zero-order valence-corrected chi connectivity index (χ0v) is 9.05. The van der Waals surface area contributed by atoms with Crippen LogP contribution in [0.4, 0.5) is 19.0 Å². The molecule has 92 valence electrons. The van der Waals surface area contributed by atoms with Crippen LogP contribution in [0.5, 0.6) is 0 Å². The number of amides is 1. The van der Waals surface area contributed by atoms with Crippen molar-refractivity contribution in [1.82, 2.24) is 4.98 Å². The first-order valence-corrected chi connectivity index (χ1v) is 4.58. The molecule has 0 unspecified atom stereocenters. The van der Waals surface area contributed by atoms with E-state index in [0.717, 1.165) is 13.8 Å². The Balaban J connectivity index is 3.28. The Morgan fingerprint density at radius 2 is 1.82 bits per heavy atom. The van der Waals surface area contributed by atoms with Crippen LogP contribution >= 0.6 is 0 Å². The van der Waals surface area contributed by atoms with E-state index in [9.17, 15) is 22.8 Å². The molecule has 0 atom stereocenters. The highest BCUT2D eigenvalue weighted by atomic mass is 19.4. The van der Waals surface area contributed by atoms with Gasteiger partial charge in [0, 0.05) is 13.8 Å². The van der Waals surface area contributed by atoms with Gasteiger partial charge in [-0.3, -0.25) is 9.59 Å². The zero-order valence-electron chi connectivity index (χ0n) is 9.05. The molecule has 1 aromatic heterocycles. The predicted octanol–water partition coefficient (Wildman–Crippen LogP) is 2.26. The van der Waals surface area contributed by atoms with Gasteiger partial charge < -0.3 is 5.32 Å². The van der Waals surface area contributed by atoms with Gasteiger partial charge in [-0.05, 0) is 12.1 Å². The van der Waals surface area contributed by atoms with Gasteiger partial charge in [-0.25, -0.2) is 4.98 Å². The highest BCUT2D eigenvalue weighted by Gasteiger charge is 2.32. The fourth-order valence-electron chi connectivity index (χ4n) is 1.12. The zero-order chi connectivity index (χ0) is 13.2. The third-order valence-electron chi connectivity index (χ3n) is 1.82. The van der Waals surface area contributed by atoms with Crippen LogP contribution in [0.3, 0.4) is 0 Å². The van der Waals surface area contributed by atoms with Crippen molar-refractivity contribution >= 4 is 17.5 Å². The number of carbonyl (C=O) groups is 2. The average molecular weight is 246 g/mol. The normalized spacial score (nSPS) is 11.1. The van der Waals surface area contributed by atoms with Gasteiger partial charge in [0.1, 0.15) is 11.5 Å². The Hall–Kier alpha value is -1.92. The largest absolute Gasteiger partial charge is 0.416 e. The second-order valence-electron chi connectivity index (χ2n) is 3.36. The number of hydrogen-bond acceptors (Lipinski definition) is 3. The first-order chi connectivity index (χ1) is 7.70. The van der Waals surface area contributed by atoms with Crippen molar-refractivity contribution in [2.45, 2.75) is 20.0 Å². The molecule has 0 spiro atoms. The number of rotatable bonds is 2. The number of nitrogens with one attached hydrogen (secondary N) is 1. The topological polar surface area (TPSA) is 59.1 Å². The second kappa shape index (κ2) is 4.52. The maximum Gasteiger partial charge on any atom is 0.416 e. The van der Waals surface area contributed by atoms with Crippen molar-refractivity contribution in [3.8, 4) is 0 Å². The van der Waals surface area contributed by atoms with E-state index in [2.05, 4.69) is 10.3 Å². The van der Waals surface area contributed by atoms with Crippen LogP contribution in [-0.4, -0.2) is 16.7 Å². The Kier molecular flexibility index (Phi) is 3.50. The molecule has 1 N–H and O–H groups in total. The number of hydrogen-bond donors (Lipinski definition) is 1. The Labute approximate surface area is 94.8 Å². The number of nitrogens with zero attached hydrogens (tertiary/aromatic N) is 1. The van der Waals surface area contributed by atoms with Gasteiger partial charge in [-0.15, -0.1) is 0 Å². The number of halogens is 3. The van der Waals surface area contributed by atoms with E-state index >= 15 is 0 Å². The Morgan fingerprint density at radius 3 is 2.24 bits per heavy atom. The fraction of sp³-hybridized carbons (Fsp3) is 0.300. The monoisotopic (exact) mass is 246 g/mol. The van der Waals surface area contributed by atoms with Crippen molar-refractivity contribution in [3.63, 3.8) is 0 Å². The molecule has 0 saturated heterocycles. The molecule has 17 heavy (non-hydrogen) atoms. The molecule has 0 fully saturated rings. The average Bonchev–Trinajstić information content (AvgIpc) is 2.14. The molecular weight excluding hydrogens is 237 g/mol. The molecule has 1 amide bonds. The van der Waals surface area contributed by atoms with Crippen LogP contribution in [0.2, 0.25) is 0 Å². The third-order valence-corrected chi connectivity index (χ3v) is 1.82. The number of carbonyl (C=O) groups excluding carboxylic acids is 2. The van der Waals surface area contributed by atoms with Crippen LogP contribution < -0.4 is 5.32 Å². The second-order valence-corrected chi connectivity index (χ2v) is 3.36. The lowest BCUT2D eigenvalue weighted by Gasteiger charge is -2.10. The molecule has 0 aliphatic rings. The van der Waals surface area contributed by atoms with E-state index < -0.39 is 23.4 Å². The van der Waals surface area contributed by atoms with Crippen LogP contribution in [0.25, 0.3) is 0 Å². The maximum atomic E-state index is 12.5.